The van der Waals surface area contributed by atoms with Crippen LogP contribution < -0.4 is 0 Å². The number of rotatable bonds is 1. The summed E-state index contributed by atoms with van der Waals surface area (Å²) in [6.07, 6.45) is 9.60. The minimum absolute atomic E-state index is 0.553. The summed E-state index contributed by atoms with van der Waals surface area (Å²) in [6, 6.07) is 8.52. The van der Waals surface area contributed by atoms with Crippen molar-refractivity contribution in [2.24, 2.45) is 5.92 Å². The molecule has 13 heavy (non-hydrogen) atoms. The zero-order valence-corrected chi connectivity index (χ0v) is 7.59. The van der Waals surface area contributed by atoms with Crippen molar-refractivity contribution in [2.45, 2.75) is 24.7 Å². The van der Waals surface area contributed by atoms with Crippen LogP contribution in [-0.4, -0.2) is 0 Å². The zero-order chi connectivity index (χ0) is 8.89. The summed E-state index contributed by atoms with van der Waals surface area (Å²) >= 11 is 0. The third-order valence-corrected chi connectivity index (χ3v) is 3.68. The van der Waals surface area contributed by atoms with Crippen molar-refractivity contribution in [2.75, 3.05) is 0 Å². The highest BCUT2D eigenvalue weighted by Gasteiger charge is 2.57. The Morgan fingerprint density at radius 2 is 2.08 bits per heavy atom. The van der Waals surface area contributed by atoms with Gasteiger partial charge in [-0.1, -0.05) is 18.1 Å². The van der Waals surface area contributed by atoms with Gasteiger partial charge in [0.15, 0.2) is 0 Å². The lowest BCUT2D eigenvalue weighted by molar-refractivity contribution is -0.0274. The Hall–Kier alpha value is -1.22. The summed E-state index contributed by atoms with van der Waals surface area (Å²) in [5.74, 6) is 3.74. The van der Waals surface area contributed by atoms with Crippen LogP contribution in [0.25, 0.3) is 0 Å². The fourth-order valence-corrected chi connectivity index (χ4v) is 2.77. The molecule has 1 aromatic rings. The molecule has 0 nitrogen and oxygen atoms in total. The molecule has 3 saturated carbocycles. The van der Waals surface area contributed by atoms with E-state index in [2.05, 4.69) is 24.1 Å². The van der Waals surface area contributed by atoms with E-state index in [0.29, 0.717) is 5.41 Å². The van der Waals surface area contributed by atoms with Crippen LogP contribution in [0.15, 0.2) is 24.3 Å². The van der Waals surface area contributed by atoms with Gasteiger partial charge < -0.3 is 0 Å². The van der Waals surface area contributed by atoms with E-state index in [4.69, 9.17) is 6.42 Å². The number of benzene rings is 1. The average Bonchev–Trinajstić information content (AvgIpc) is 1.99. The maximum atomic E-state index is 5.38. The van der Waals surface area contributed by atoms with Crippen LogP contribution in [0.1, 0.15) is 30.4 Å². The maximum absolute atomic E-state index is 5.38. The summed E-state index contributed by atoms with van der Waals surface area (Å²) in [5, 5.41) is 0. The van der Waals surface area contributed by atoms with E-state index in [9.17, 15) is 0 Å². The summed E-state index contributed by atoms with van der Waals surface area (Å²) in [5.41, 5.74) is 3.06. The predicted molar refractivity (Wildman–Crippen MR) is 53.4 cm³/mol. The van der Waals surface area contributed by atoms with E-state index in [1.165, 1.54) is 24.8 Å². The molecule has 3 aliphatic carbocycles. The molecule has 64 valence electrons. The molecule has 0 aromatic heterocycles. The summed E-state index contributed by atoms with van der Waals surface area (Å²) in [7, 11) is 0. The van der Waals surface area contributed by atoms with Crippen LogP contribution in [0.3, 0.4) is 0 Å². The Kier molecular flexibility index (Phi) is 1.21. The van der Waals surface area contributed by atoms with Gasteiger partial charge in [0.2, 0.25) is 0 Å². The molecule has 0 N–H and O–H groups in total. The molecule has 1 aromatic carbocycles. The number of hydrogen-bond acceptors (Lipinski definition) is 0. The molecule has 0 amide bonds. The van der Waals surface area contributed by atoms with Crippen LogP contribution in [0, 0.1) is 18.3 Å². The molecule has 0 atom stereocenters. The summed E-state index contributed by atoms with van der Waals surface area (Å²) in [4.78, 5) is 0. The Morgan fingerprint density at radius 3 is 2.62 bits per heavy atom. The van der Waals surface area contributed by atoms with E-state index in [1.807, 2.05) is 6.07 Å². The lowest BCUT2D eigenvalue weighted by atomic mass is 9.42. The van der Waals surface area contributed by atoms with Gasteiger partial charge in [0.25, 0.3) is 0 Å². The fraction of sp³-hybridized carbons (Fsp3) is 0.385. The van der Waals surface area contributed by atoms with Crippen LogP contribution in [0.5, 0.6) is 0 Å². The fourth-order valence-electron chi connectivity index (χ4n) is 2.77. The molecular formula is C13H12. The van der Waals surface area contributed by atoms with Gasteiger partial charge in [-0.2, -0.15) is 0 Å². The van der Waals surface area contributed by atoms with Crippen molar-refractivity contribution < 1.29 is 0 Å². The van der Waals surface area contributed by atoms with Crippen LogP contribution in [-0.2, 0) is 5.41 Å². The first kappa shape index (κ1) is 7.21. The summed E-state index contributed by atoms with van der Waals surface area (Å²) in [6.45, 7) is 0. The smallest absolute Gasteiger partial charge is 0.0245 e. The van der Waals surface area contributed by atoms with Crippen molar-refractivity contribution in [1.29, 1.82) is 0 Å². The van der Waals surface area contributed by atoms with Gasteiger partial charge in [-0.15, -0.1) is 6.42 Å². The molecule has 0 radical (unpaired) electrons. The van der Waals surface area contributed by atoms with Gasteiger partial charge in [-0.3, -0.25) is 0 Å². The average molecular weight is 168 g/mol. The Morgan fingerprint density at radius 1 is 1.31 bits per heavy atom. The first-order chi connectivity index (χ1) is 6.32. The van der Waals surface area contributed by atoms with Gasteiger partial charge in [-0.05, 0) is 48.3 Å². The first-order valence-corrected chi connectivity index (χ1v) is 4.90. The molecule has 0 saturated heterocycles. The molecule has 0 spiro atoms. The predicted octanol–water partition coefficient (Wildman–Crippen LogP) is 2.72. The van der Waals surface area contributed by atoms with Crippen molar-refractivity contribution >= 4 is 0 Å². The Bertz CT molecular complexity index is 378. The standard InChI is InChI=1S/C13H12/c1-2-10-4-3-5-12(6-10)13-7-11(8-13)9-13/h1,3-6,11H,7-9H2. The zero-order valence-electron chi connectivity index (χ0n) is 7.59. The molecule has 0 unspecified atom stereocenters. The first-order valence-electron chi connectivity index (χ1n) is 4.90. The minimum atomic E-state index is 0.553. The highest BCUT2D eigenvalue weighted by molar-refractivity contribution is 5.42. The van der Waals surface area contributed by atoms with E-state index in [0.717, 1.165) is 11.5 Å². The third-order valence-electron chi connectivity index (χ3n) is 3.68. The van der Waals surface area contributed by atoms with Crippen molar-refractivity contribution in [3.05, 3.63) is 35.4 Å². The van der Waals surface area contributed by atoms with Crippen LogP contribution in [0.2, 0.25) is 0 Å². The molecule has 0 heteroatoms. The third kappa shape index (κ3) is 0.823. The quantitative estimate of drug-likeness (QED) is 0.565. The van der Waals surface area contributed by atoms with Gasteiger partial charge in [0.05, 0.1) is 0 Å². The molecule has 2 bridgehead atoms. The van der Waals surface area contributed by atoms with Crippen LogP contribution in [0.4, 0.5) is 0 Å². The van der Waals surface area contributed by atoms with E-state index in [1.54, 1.807) is 0 Å². The Labute approximate surface area is 79.0 Å². The van der Waals surface area contributed by atoms with Gasteiger partial charge in [0.1, 0.15) is 0 Å². The monoisotopic (exact) mass is 168 g/mol. The second kappa shape index (κ2) is 2.17. The highest BCUT2D eigenvalue weighted by Crippen LogP contribution is 2.65. The second-order valence-electron chi connectivity index (χ2n) is 4.48. The SMILES string of the molecule is C#Cc1cccc(C23CC(C2)C3)c1. The van der Waals surface area contributed by atoms with Crippen molar-refractivity contribution in [1.82, 2.24) is 0 Å². The Balaban J connectivity index is 2.01. The van der Waals surface area contributed by atoms with Crippen molar-refractivity contribution in [3.63, 3.8) is 0 Å². The van der Waals surface area contributed by atoms with Crippen LogP contribution >= 0.6 is 0 Å². The van der Waals surface area contributed by atoms with E-state index < -0.39 is 0 Å². The van der Waals surface area contributed by atoms with Gasteiger partial charge >= 0.3 is 0 Å². The molecule has 0 aliphatic heterocycles. The highest BCUT2D eigenvalue weighted by atomic mass is 14.6. The number of hydrogen-bond donors (Lipinski definition) is 0. The van der Waals surface area contributed by atoms with E-state index in [-0.39, 0.29) is 0 Å². The summed E-state index contributed by atoms with van der Waals surface area (Å²) < 4.78 is 0. The lowest BCUT2D eigenvalue weighted by Crippen LogP contribution is -2.55. The molecular weight excluding hydrogens is 156 g/mol. The topological polar surface area (TPSA) is 0 Å². The molecule has 4 rings (SSSR count). The molecule has 3 fully saturated rings. The van der Waals surface area contributed by atoms with Gasteiger partial charge in [0, 0.05) is 5.56 Å². The second-order valence-corrected chi connectivity index (χ2v) is 4.48. The molecule has 0 heterocycles. The maximum Gasteiger partial charge on any atom is 0.0245 e. The lowest BCUT2D eigenvalue weighted by Gasteiger charge is -2.62. The number of terminal acetylenes is 1. The largest absolute Gasteiger partial charge is 0.115 e. The minimum Gasteiger partial charge on any atom is -0.115 e. The van der Waals surface area contributed by atoms with Crippen molar-refractivity contribution in [3.8, 4) is 12.3 Å². The van der Waals surface area contributed by atoms with E-state index >= 15 is 0 Å². The normalized spacial score (nSPS) is 34.2. The van der Waals surface area contributed by atoms with Gasteiger partial charge in [-0.25, -0.2) is 0 Å². The molecule has 3 aliphatic rings.